The quantitative estimate of drug-likeness (QED) is 0.844. The Morgan fingerprint density at radius 1 is 1.05 bits per heavy atom. The van der Waals surface area contributed by atoms with Gasteiger partial charge < -0.3 is 5.11 Å². The van der Waals surface area contributed by atoms with Gasteiger partial charge in [-0.3, -0.25) is 0 Å². The van der Waals surface area contributed by atoms with Crippen LogP contribution in [0.4, 0.5) is 4.39 Å². The van der Waals surface area contributed by atoms with E-state index >= 15 is 0 Å². The van der Waals surface area contributed by atoms with E-state index in [0.29, 0.717) is 24.2 Å². The van der Waals surface area contributed by atoms with E-state index in [1.54, 1.807) is 6.07 Å². The van der Waals surface area contributed by atoms with Gasteiger partial charge in [0.2, 0.25) is 0 Å². The molecule has 114 valence electrons. The van der Waals surface area contributed by atoms with Crippen molar-refractivity contribution in [1.82, 2.24) is 0 Å². The third-order valence-corrected chi connectivity index (χ3v) is 6.57. The zero-order valence-electron chi connectivity index (χ0n) is 12.1. The number of benzene rings is 1. The maximum absolute atomic E-state index is 13.5. The van der Waals surface area contributed by atoms with E-state index in [0.717, 1.165) is 21.9 Å². The molecule has 4 bridgehead atoms. The molecule has 0 spiro atoms. The van der Waals surface area contributed by atoms with E-state index in [1.807, 2.05) is 6.07 Å². The summed E-state index contributed by atoms with van der Waals surface area (Å²) in [5.74, 6) is 3.51. The fourth-order valence-corrected chi connectivity index (χ4v) is 6.21. The highest BCUT2D eigenvalue weighted by molar-refractivity contribution is 9.10. The molecule has 0 saturated heterocycles. The normalized spacial score (nSPS) is 38.7. The van der Waals surface area contributed by atoms with Crippen LogP contribution in [0.1, 0.15) is 37.7 Å². The summed E-state index contributed by atoms with van der Waals surface area (Å²) in [4.78, 5) is 0. The van der Waals surface area contributed by atoms with E-state index in [-0.39, 0.29) is 11.9 Å². The van der Waals surface area contributed by atoms with Crippen molar-refractivity contribution in [3.63, 3.8) is 0 Å². The second kappa shape index (κ2) is 5.34. The summed E-state index contributed by atoms with van der Waals surface area (Å²) in [5, 5.41) is 10.8. The predicted octanol–water partition coefficient (Wildman–Crippen LogP) is 4.56. The predicted molar refractivity (Wildman–Crippen MR) is 84.3 cm³/mol. The molecule has 0 amide bonds. The Morgan fingerprint density at radius 3 is 2.24 bits per heavy atom. The molecule has 5 rings (SSSR count). The topological polar surface area (TPSA) is 20.2 Å². The fraction of sp³-hybridized carbons (Fsp3) is 0.667. The highest BCUT2D eigenvalue weighted by Crippen LogP contribution is 2.57. The van der Waals surface area contributed by atoms with Gasteiger partial charge in [-0.1, -0.05) is 15.9 Å². The maximum atomic E-state index is 13.5. The molecule has 1 aromatic carbocycles. The van der Waals surface area contributed by atoms with Crippen LogP contribution in [0.2, 0.25) is 0 Å². The Hall–Kier alpha value is -0.410. The number of rotatable bonds is 3. The Morgan fingerprint density at radius 2 is 1.67 bits per heavy atom. The number of aliphatic hydroxyl groups excluding tert-OH is 1. The molecule has 4 aliphatic carbocycles. The first-order valence-corrected chi connectivity index (χ1v) is 9.01. The van der Waals surface area contributed by atoms with Crippen molar-refractivity contribution in [2.24, 2.45) is 29.6 Å². The molecule has 21 heavy (non-hydrogen) atoms. The minimum atomic E-state index is -0.311. The monoisotopic (exact) mass is 352 g/mol. The second-order valence-electron chi connectivity index (χ2n) is 7.56. The van der Waals surface area contributed by atoms with Crippen molar-refractivity contribution in [2.75, 3.05) is 0 Å². The van der Waals surface area contributed by atoms with Crippen LogP contribution in [-0.4, -0.2) is 11.2 Å². The van der Waals surface area contributed by atoms with Gasteiger partial charge in [0.05, 0.1) is 6.10 Å². The average Bonchev–Trinajstić information content (AvgIpc) is 2.35. The van der Waals surface area contributed by atoms with Gasteiger partial charge in [0.25, 0.3) is 0 Å². The molecule has 4 aliphatic rings. The van der Waals surface area contributed by atoms with Gasteiger partial charge in [-0.15, -0.1) is 0 Å². The molecule has 0 heterocycles. The molecule has 0 aromatic heterocycles. The van der Waals surface area contributed by atoms with Gasteiger partial charge in [0.1, 0.15) is 5.82 Å². The van der Waals surface area contributed by atoms with Gasteiger partial charge in [-0.2, -0.15) is 0 Å². The zero-order valence-corrected chi connectivity index (χ0v) is 13.7. The first kappa shape index (κ1) is 14.2. The summed E-state index contributed by atoms with van der Waals surface area (Å²) < 4.78 is 14.3. The van der Waals surface area contributed by atoms with Crippen LogP contribution < -0.4 is 0 Å². The lowest BCUT2D eigenvalue weighted by molar-refractivity contribution is -0.0887. The summed E-state index contributed by atoms with van der Waals surface area (Å²) in [7, 11) is 0. The molecule has 3 heteroatoms. The molecular weight excluding hydrogens is 331 g/mol. The molecule has 0 radical (unpaired) electrons. The lowest BCUT2D eigenvalue weighted by atomic mass is 9.50. The van der Waals surface area contributed by atoms with E-state index in [9.17, 15) is 9.50 Å². The van der Waals surface area contributed by atoms with Crippen LogP contribution >= 0.6 is 15.9 Å². The van der Waals surface area contributed by atoms with Crippen LogP contribution in [0.5, 0.6) is 0 Å². The lowest BCUT2D eigenvalue weighted by Gasteiger charge is -2.55. The summed E-state index contributed by atoms with van der Waals surface area (Å²) in [6.45, 7) is 0. The molecule has 1 nitrogen and oxygen atoms in total. The van der Waals surface area contributed by atoms with E-state index < -0.39 is 0 Å². The average molecular weight is 353 g/mol. The Bertz CT molecular complexity index is 496. The highest BCUT2D eigenvalue weighted by atomic mass is 79.9. The smallest absolute Gasteiger partial charge is 0.124 e. The number of aliphatic hydroxyl groups is 1. The van der Waals surface area contributed by atoms with Crippen LogP contribution in [0, 0.1) is 35.4 Å². The minimum Gasteiger partial charge on any atom is -0.392 e. The molecular formula is C18H22BrFO. The minimum absolute atomic E-state index is 0.225. The summed E-state index contributed by atoms with van der Waals surface area (Å²) in [6, 6.07) is 4.96. The second-order valence-corrected chi connectivity index (χ2v) is 8.47. The molecule has 1 atom stereocenters. The summed E-state index contributed by atoms with van der Waals surface area (Å²) in [6.07, 6.45) is 7.00. The summed E-state index contributed by atoms with van der Waals surface area (Å²) >= 11 is 3.34. The third kappa shape index (κ3) is 2.68. The Labute approximate surface area is 134 Å². The summed E-state index contributed by atoms with van der Waals surface area (Å²) in [5.41, 5.74) is 0.906. The zero-order chi connectivity index (χ0) is 14.6. The molecule has 1 N–H and O–H groups in total. The van der Waals surface area contributed by atoms with Gasteiger partial charge in [-0.25, -0.2) is 4.39 Å². The largest absolute Gasteiger partial charge is 0.392 e. The van der Waals surface area contributed by atoms with Gasteiger partial charge in [-0.05, 0) is 91.9 Å². The standard InChI is InChI=1S/C18H22BrFO/c19-15-6-12(7-16(20)9-15)8-17(21)18-13-2-10-1-11(4-13)5-14(18)3-10/h6-7,9-11,13-14,17-18,21H,1-5,8H2. The van der Waals surface area contributed by atoms with Crippen molar-refractivity contribution in [2.45, 2.75) is 44.6 Å². The van der Waals surface area contributed by atoms with Crippen LogP contribution in [0.3, 0.4) is 0 Å². The first-order chi connectivity index (χ1) is 10.1. The van der Waals surface area contributed by atoms with Crippen molar-refractivity contribution < 1.29 is 9.50 Å². The van der Waals surface area contributed by atoms with E-state index in [1.165, 1.54) is 38.2 Å². The third-order valence-electron chi connectivity index (χ3n) is 6.11. The van der Waals surface area contributed by atoms with Gasteiger partial charge in [0.15, 0.2) is 0 Å². The fourth-order valence-electron chi connectivity index (χ4n) is 5.70. The molecule has 4 saturated carbocycles. The number of halogens is 2. The van der Waals surface area contributed by atoms with Crippen molar-refractivity contribution >= 4 is 15.9 Å². The van der Waals surface area contributed by atoms with Crippen LogP contribution in [-0.2, 0) is 6.42 Å². The van der Waals surface area contributed by atoms with Crippen molar-refractivity contribution in [3.05, 3.63) is 34.1 Å². The molecule has 1 aromatic rings. The van der Waals surface area contributed by atoms with E-state index in [2.05, 4.69) is 15.9 Å². The molecule has 0 aliphatic heterocycles. The maximum Gasteiger partial charge on any atom is 0.124 e. The Balaban J connectivity index is 1.51. The van der Waals surface area contributed by atoms with Gasteiger partial charge >= 0.3 is 0 Å². The SMILES string of the molecule is OC(Cc1cc(F)cc(Br)c1)C1C2CC3CC(C2)CC1C3. The van der Waals surface area contributed by atoms with E-state index in [4.69, 9.17) is 0 Å². The number of hydrogen-bond donors (Lipinski definition) is 1. The van der Waals surface area contributed by atoms with Crippen LogP contribution in [0.25, 0.3) is 0 Å². The highest BCUT2D eigenvalue weighted by Gasteiger charge is 2.50. The molecule has 1 unspecified atom stereocenters. The van der Waals surface area contributed by atoms with Gasteiger partial charge in [0, 0.05) is 4.47 Å². The lowest BCUT2D eigenvalue weighted by Crippen LogP contribution is -2.49. The first-order valence-electron chi connectivity index (χ1n) is 8.21. The number of hydrogen-bond acceptors (Lipinski definition) is 1. The molecule has 4 fully saturated rings. The van der Waals surface area contributed by atoms with Crippen molar-refractivity contribution in [3.8, 4) is 0 Å². The van der Waals surface area contributed by atoms with Crippen LogP contribution in [0.15, 0.2) is 22.7 Å². The van der Waals surface area contributed by atoms with Crippen molar-refractivity contribution in [1.29, 1.82) is 0 Å². The Kier molecular flexibility index (Phi) is 3.61.